The third-order valence-corrected chi connectivity index (χ3v) is 7.65. The van der Waals surface area contributed by atoms with Crippen LogP contribution in [0.1, 0.15) is 30.0 Å². The summed E-state index contributed by atoms with van der Waals surface area (Å²) in [4.78, 5) is 6.19. The second kappa shape index (κ2) is 9.17. The van der Waals surface area contributed by atoms with Crippen molar-refractivity contribution in [2.45, 2.75) is 24.0 Å². The molecule has 1 aliphatic rings. The Kier molecular flexibility index (Phi) is 6.44. The molecule has 1 fully saturated rings. The van der Waals surface area contributed by atoms with Gasteiger partial charge in [0.25, 0.3) is 0 Å². The highest BCUT2D eigenvalue weighted by Crippen LogP contribution is 2.32. The number of hydrogen-bond donors (Lipinski definition) is 0. The first-order chi connectivity index (χ1) is 16.1. The van der Waals surface area contributed by atoms with Crippen LogP contribution in [0.2, 0.25) is 0 Å². The summed E-state index contributed by atoms with van der Waals surface area (Å²) in [5.41, 5.74) is -0.532. The van der Waals surface area contributed by atoms with Crippen molar-refractivity contribution < 1.29 is 26.1 Å². The van der Waals surface area contributed by atoms with Gasteiger partial charge in [-0.3, -0.25) is 4.90 Å². The minimum atomic E-state index is -4.48. The number of nitrogens with zero attached hydrogens (tertiary/aromatic N) is 5. The van der Waals surface area contributed by atoms with E-state index in [9.17, 15) is 26.9 Å². The number of halogens is 3. The van der Waals surface area contributed by atoms with E-state index in [1.54, 1.807) is 19.1 Å². The second-order valence-corrected chi connectivity index (χ2v) is 9.67. The van der Waals surface area contributed by atoms with E-state index in [1.165, 1.54) is 28.6 Å². The lowest BCUT2D eigenvalue weighted by atomic mass is 10.1. The van der Waals surface area contributed by atoms with E-state index in [-0.39, 0.29) is 46.9 Å². The Morgan fingerprint density at radius 1 is 1.09 bits per heavy atom. The van der Waals surface area contributed by atoms with Crippen molar-refractivity contribution in [2.75, 3.05) is 26.2 Å². The molecule has 0 bridgehead atoms. The normalized spacial score (nSPS) is 16.8. The molecular weight excluding hydrogens is 471 g/mol. The Morgan fingerprint density at radius 3 is 2.47 bits per heavy atom. The molecule has 1 aliphatic heterocycles. The van der Waals surface area contributed by atoms with Crippen LogP contribution in [0.3, 0.4) is 0 Å². The summed E-state index contributed by atoms with van der Waals surface area (Å²) < 4.78 is 71.6. The fourth-order valence-corrected chi connectivity index (χ4v) is 5.33. The number of aromatic nitrogens is 2. The van der Waals surface area contributed by atoms with E-state index < -0.39 is 21.8 Å². The van der Waals surface area contributed by atoms with E-state index >= 15 is 0 Å². The summed E-state index contributed by atoms with van der Waals surface area (Å²) in [6, 6.07) is 12.3. The Labute approximate surface area is 194 Å². The van der Waals surface area contributed by atoms with Crippen molar-refractivity contribution in [1.29, 1.82) is 5.26 Å². The minimum Gasteiger partial charge on any atom is -0.337 e. The third-order valence-electron chi connectivity index (χ3n) is 5.69. The number of nitriles is 1. The van der Waals surface area contributed by atoms with Crippen LogP contribution < -0.4 is 0 Å². The molecule has 1 saturated heterocycles. The molecule has 3 aromatic rings. The summed E-state index contributed by atoms with van der Waals surface area (Å²) in [6.45, 7) is 2.94. The number of piperazine rings is 1. The summed E-state index contributed by atoms with van der Waals surface area (Å²) in [5, 5.41) is 13.1. The van der Waals surface area contributed by atoms with Gasteiger partial charge in [-0.1, -0.05) is 29.4 Å². The van der Waals surface area contributed by atoms with Gasteiger partial charge in [0, 0.05) is 31.7 Å². The van der Waals surface area contributed by atoms with Crippen LogP contribution >= 0.6 is 0 Å². The fourth-order valence-electron chi connectivity index (χ4n) is 3.77. The van der Waals surface area contributed by atoms with Crippen LogP contribution in [0.5, 0.6) is 0 Å². The third kappa shape index (κ3) is 4.68. The van der Waals surface area contributed by atoms with E-state index in [2.05, 4.69) is 10.1 Å². The van der Waals surface area contributed by atoms with Crippen molar-refractivity contribution in [3.63, 3.8) is 0 Å². The molecule has 1 atom stereocenters. The zero-order valence-electron chi connectivity index (χ0n) is 18.0. The maximum Gasteiger partial charge on any atom is 0.416 e. The van der Waals surface area contributed by atoms with Crippen molar-refractivity contribution >= 4 is 10.0 Å². The fraction of sp³-hybridized carbons (Fsp3) is 0.318. The van der Waals surface area contributed by atoms with Gasteiger partial charge in [-0.05, 0) is 31.2 Å². The molecule has 0 saturated carbocycles. The van der Waals surface area contributed by atoms with Gasteiger partial charge in [0.2, 0.25) is 21.7 Å². The van der Waals surface area contributed by atoms with Crippen LogP contribution in [0.4, 0.5) is 13.2 Å². The smallest absolute Gasteiger partial charge is 0.337 e. The van der Waals surface area contributed by atoms with Gasteiger partial charge in [0.05, 0.1) is 22.1 Å². The quantitative estimate of drug-likeness (QED) is 0.536. The molecule has 4 rings (SSSR count). The Morgan fingerprint density at radius 2 is 1.79 bits per heavy atom. The first kappa shape index (κ1) is 23.9. The van der Waals surface area contributed by atoms with Crippen LogP contribution in [0.15, 0.2) is 57.9 Å². The van der Waals surface area contributed by atoms with Gasteiger partial charge in [-0.2, -0.15) is 27.7 Å². The van der Waals surface area contributed by atoms with Gasteiger partial charge in [-0.25, -0.2) is 8.42 Å². The largest absolute Gasteiger partial charge is 0.416 e. The summed E-state index contributed by atoms with van der Waals surface area (Å²) in [5.74, 6) is 0.265. The second-order valence-electron chi connectivity index (χ2n) is 7.76. The van der Waals surface area contributed by atoms with Crippen LogP contribution in [0, 0.1) is 11.3 Å². The number of hydrogen-bond acceptors (Lipinski definition) is 7. The molecule has 0 N–H and O–H groups in total. The highest BCUT2D eigenvalue weighted by atomic mass is 32.2. The molecule has 178 valence electrons. The minimum absolute atomic E-state index is 0.0263. The number of sulfonamides is 1. The van der Waals surface area contributed by atoms with Crippen molar-refractivity contribution in [2.24, 2.45) is 0 Å². The molecule has 0 unspecified atom stereocenters. The van der Waals surface area contributed by atoms with E-state index in [4.69, 9.17) is 4.52 Å². The standard InChI is InChI=1S/C22H20F3N5O3S/c1-15(21-27-20(28-33-21)16-6-4-7-18(13-16)22(23,24)25)29-9-11-30(12-10-29)34(31,32)19-8-3-2-5-17(19)14-26/h2-8,13,15H,9-12H2,1H3/t15-/m1/s1. The maximum atomic E-state index is 13.0. The number of benzene rings is 2. The highest BCUT2D eigenvalue weighted by Gasteiger charge is 2.34. The van der Waals surface area contributed by atoms with E-state index in [1.807, 2.05) is 11.0 Å². The molecule has 0 spiro atoms. The Hall–Kier alpha value is -3.27. The first-order valence-electron chi connectivity index (χ1n) is 10.4. The van der Waals surface area contributed by atoms with Crippen LogP contribution in [-0.4, -0.2) is 53.9 Å². The van der Waals surface area contributed by atoms with Crippen molar-refractivity contribution in [3.8, 4) is 17.5 Å². The number of rotatable bonds is 5. The molecule has 8 nitrogen and oxygen atoms in total. The van der Waals surface area contributed by atoms with Crippen LogP contribution in [0.25, 0.3) is 11.4 Å². The molecule has 34 heavy (non-hydrogen) atoms. The Bertz CT molecular complexity index is 1330. The monoisotopic (exact) mass is 491 g/mol. The molecule has 0 aliphatic carbocycles. The van der Waals surface area contributed by atoms with Gasteiger partial charge >= 0.3 is 6.18 Å². The first-order valence-corrected chi connectivity index (χ1v) is 11.8. The van der Waals surface area contributed by atoms with Gasteiger partial charge in [-0.15, -0.1) is 0 Å². The van der Waals surface area contributed by atoms with E-state index in [0.717, 1.165) is 12.1 Å². The predicted molar refractivity (Wildman–Crippen MR) is 115 cm³/mol. The average molecular weight is 491 g/mol. The lowest BCUT2D eigenvalue weighted by Crippen LogP contribution is -2.49. The molecule has 2 heterocycles. The molecular formula is C22H20F3N5O3S. The topological polar surface area (TPSA) is 103 Å². The zero-order valence-corrected chi connectivity index (χ0v) is 18.8. The van der Waals surface area contributed by atoms with Crippen LogP contribution in [-0.2, 0) is 16.2 Å². The SMILES string of the molecule is C[C@H](c1nc(-c2cccc(C(F)(F)F)c2)no1)N1CCN(S(=O)(=O)c2ccccc2C#N)CC1. The van der Waals surface area contributed by atoms with E-state index in [0.29, 0.717) is 13.1 Å². The highest BCUT2D eigenvalue weighted by molar-refractivity contribution is 7.89. The molecule has 2 aromatic carbocycles. The molecule has 0 radical (unpaired) electrons. The van der Waals surface area contributed by atoms with Crippen molar-refractivity contribution in [1.82, 2.24) is 19.3 Å². The molecule has 1 aromatic heterocycles. The van der Waals surface area contributed by atoms with Gasteiger partial charge in [0.15, 0.2) is 0 Å². The lowest BCUT2D eigenvalue weighted by molar-refractivity contribution is -0.137. The summed E-state index contributed by atoms with van der Waals surface area (Å²) in [6.07, 6.45) is -4.48. The van der Waals surface area contributed by atoms with Gasteiger partial charge in [0.1, 0.15) is 6.07 Å². The van der Waals surface area contributed by atoms with Gasteiger partial charge < -0.3 is 4.52 Å². The zero-order chi connectivity index (χ0) is 24.5. The number of alkyl halides is 3. The Balaban J connectivity index is 1.45. The molecule has 0 amide bonds. The summed E-state index contributed by atoms with van der Waals surface area (Å²) >= 11 is 0. The lowest BCUT2D eigenvalue weighted by Gasteiger charge is -2.36. The summed E-state index contributed by atoms with van der Waals surface area (Å²) in [7, 11) is -3.83. The molecule has 12 heteroatoms. The maximum absolute atomic E-state index is 13.0. The van der Waals surface area contributed by atoms with Crippen molar-refractivity contribution in [3.05, 3.63) is 65.5 Å². The predicted octanol–water partition coefficient (Wildman–Crippen LogP) is 3.69. The average Bonchev–Trinajstić information content (AvgIpc) is 3.33.